The second-order valence-corrected chi connectivity index (χ2v) is 37.0. The molecule has 2 aromatic rings. The average Bonchev–Trinajstić information content (AvgIpc) is 3.50. The van der Waals surface area contributed by atoms with Crippen LogP contribution in [-0.4, -0.2) is 67.3 Å². The van der Waals surface area contributed by atoms with E-state index in [1.165, 1.54) is 6.08 Å². The number of hydrogen-bond acceptors (Lipinski definition) is 9. The smallest absolute Gasteiger partial charge is 0.349 e. The van der Waals surface area contributed by atoms with Gasteiger partial charge in [-0.1, -0.05) is 155 Å². The summed E-state index contributed by atoms with van der Waals surface area (Å²) in [5.41, 5.74) is 4.07. The Bertz CT molecular complexity index is 1770. The lowest BCUT2D eigenvalue weighted by molar-refractivity contribution is -0.373. The average molecular weight is 883 g/mol. The first-order valence-electron chi connectivity index (χ1n) is 22.5. The lowest BCUT2D eigenvalue weighted by atomic mass is 9.86. The molecule has 336 valence electrons. The Morgan fingerprint density at radius 2 is 1.32 bits per heavy atom. The maximum absolute atomic E-state index is 14.0. The lowest BCUT2D eigenvalue weighted by Crippen LogP contribution is -2.73. The standard InChI is InChI=1S/C48H78O9Si3/c1-30(2)58(31(3)4,32(5)6)55-38-26-37-28-51-48(42(37)39(27-38)56-59(33(7)8,34(9)10)35(11)12)45(53-41(49)25-24-36-22-20-19-21-23-36)43(50)44-40(54-48)29-52-60(57-44,46(13,14)15)47(16,17)18/h19-27,30-35,40,43-45,50H,28-29H2,1-18H3/b25-24+/t40-,43+,44-,45-,48+/m1/s1. The van der Waals surface area contributed by atoms with Crippen molar-refractivity contribution in [2.45, 2.75) is 205 Å². The van der Waals surface area contributed by atoms with Gasteiger partial charge in [0.25, 0.3) is 16.6 Å². The highest BCUT2D eigenvalue weighted by atomic mass is 28.4. The minimum atomic E-state index is -3.09. The molecule has 1 spiro atoms. The fraction of sp³-hybridized carbons (Fsp3) is 0.688. The Balaban J connectivity index is 1.75. The molecule has 5 rings (SSSR count). The van der Waals surface area contributed by atoms with E-state index in [-0.39, 0.29) is 39.9 Å². The summed E-state index contributed by atoms with van der Waals surface area (Å²) in [6.45, 7) is 40.4. The molecule has 12 heteroatoms. The highest BCUT2D eigenvalue weighted by Gasteiger charge is 2.69. The summed E-state index contributed by atoms with van der Waals surface area (Å²) in [6.07, 6.45) is -1.15. The van der Waals surface area contributed by atoms with Crippen LogP contribution in [0.2, 0.25) is 43.3 Å². The maximum Gasteiger partial charge on any atom is 0.349 e. The van der Waals surface area contributed by atoms with Crippen LogP contribution < -0.4 is 8.85 Å². The number of hydrogen-bond donors (Lipinski definition) is 1. The predicted molar refractivity (Wildman–Crippen MR) is 249 cm³/mol. The molecule has 0 amide bonds. The van der Waals surface area contributed by atoms with Crippen molar-refractivity contribution in [3.63, 3.8) is 0 Å². The van der Waals surface area contributed by atoms with Crippen LogP contribution in [0.4, 0.5) is 0 Å². The van der Waals surface area contributed by atoms with Crippen molar-refractivity contribution in [3.8, 4) is 11.5 Å². The number of carbonyl (C=O) groups excluding carboxylic acids is 1. The van der Waals surface area contributed by atoms with Gasteiger partial charge in [-0.05, 0) is 56.5 Å². The van der Waals surface area contributed by atoms with Gasteiger partial charge in [-0.15, -0.1) is 0 Å². The van der Waals surface area contributed by atoms with E-state index in [0.717, 1.165) is 16.9 Å². The summed E-state index contributed by atoms with van der Waals surface area (Å²) in [5, 5.41) is 12.1. The van der Waals surface area contributed by atoms with Gasteiger partial charge in [-0.2, -0.15) is 0 Å². The molecule has 1 N–H and O–H groups in total. The first kappa shape index (κ1) is 48.7. The zero-order valence-electron chi connectivity index (χ0n) is 40.1. The zero-order valence-corrected chi connectivity index (χ0v) is 43.1. The molecule has 3 aliphatic heterocycles. The topological polar surface area (TPSA) is 102 Å². The third-order valence-electron chi connectivity index (χ3n) is 13.8. The minimum Gasteiger partial charge on any atom is -0.543 e. The number of esters is 1. The van der Waals surface area contributed by atoms with Crippen molar-refractivity contribution in [1.82, 2.24) is 0 Å². The van der Waals surface area contributed by atoms with E-state index in [2.05, 4.69) is 131 Å². The van der Waals surface area contributed by atoms with Crippen molar-refractivity contribution in [2.24, 2.45) is 0 Å². The number of rotatable bonds is 13. The molecule has 0 unspecified atom stereocenters. The highest BCUT2D eigenvalue weighted by molar-refractivity contribution is 6.79. The van der Waals surface area contributed by atoms with Crippen LogP contribution in [0.15, 0.2) is 48.5 Å². The van der Waals surface area contributed by atoms with E-state index in [9.17, 15) is 9.90 Å². The number of ether oxygens (including phenoxy) is 3. The number of fused-ring (bicyclic) bond motifs is 3. The van der Waals surface area contributed by atoms with Crippen LogP contribution in [0, 0.1) is 0 Å². The van der Waals surface area contributed by atoms with Gasteiger partial charge in [0.1, 0.15) is 29.8 Å². The van der Waals surface area contributed by atoms with E-state index in [1.54, 1.807) is 6.08 Å². The Morgan fingerprint density at radius 3 is 1.82 bits per heavy atom. The van der Waals surface area contributed by atoms with Crippen molar-refractivity contribution in [3.05, 3.63) is 65.2 Å². The van der Waals surface area contributed by atoms with Crippen LogP contribution in [-0.2, 0) is 40.3 Å². The van der Waals surface area contributed by atoms with E-state index in [4.69, 9.17) is 31.9 Å². The fourth-order valence-corrected chi connectivity index (χ4v) is 27.0. The molecule has 2 fully saturated rings. The van der Waals surface area contributed by atoms with Crippen LogP contribution in [0.1, 0.15) is 141 Å². The molecule has 3 heterocycles. The minimum absolute atomic E-state index is 0.129. The largest absolute Gasteiger partial charge is 0.543 e. The Labute approximate surface area is 365 Å². The molecule has 2 saturated heterocycles. The maximum atomic E-state index is 14.0. The van der Waals surface area contributed by atoms with E-state index in [1.807, 2.05) is 36.4 Å². The van der Waals surface area contributed by atoms with Crippen LogP contribution in [0.3, 0.4) is 0 Å². The van der Waals surface area contributed by atoms with Crippen LogP contribution >= 0.6 is 0 Å². The van der Waals surface area contributed by atoms with Gasteiger partial charge in [0, 0.05) is 22.2 Å². The molecular formula is C48H78O9Si3. The van der Waals surface area contributed by atoms with E-state index >= 15 is 0 Å². The van der Waals surface area contributed by atoms with Gasteiger partial charge >= 0.3 is 14.5 Å². The number of aliphatic hydroxyl groups is 1. The first-order chi connectivity index (χ1) is 27.7. The van der Waals surface area contributed by atoms with Crippen molar-refractivity contribution in [1.29, 1.82) is 0 Å². The molecule has 60 heavy (non-hydrogen) atoms. The van der Waals surface area contributed by atoms with Crippen molar-refractivity contribution >= 4 is 37.2 Å². The molecule has 0 saturated carbocycles. The van der Waals surface area contributed by atoms with E-state index < -0.39 is 61.4 Å². The van der Waals surface area contributed by atoms with E-state index in [0.29, 0.717) is 27.9 Å². The summed E-state index contributed by atoms with van der Waals surface area (Å²) in [4.78, 5) is 14.0. The fourth-order valence-electron chi connectivity index (χ4n) is 11.6. The first-order valence-corrected chi connectivity index (χ1v) is 28.6. The second kappa shape index (κ2) is 17.7. The molecule has 5 atom stereocenters. The normalized spacial score (nSPS) is 24.9. The quantitative estimate of drug-likeness (QED) is 0.120. The SMILES string of the molecule is CC(C)[Si](Oc1cc2c(c(O[Si](C(C)C)(C(C)C)C(C)C)c1)[C@]1(OC2)O[C@@H]2CO[Si](C(C)(C)C)(C(C)(C)C)O[C@H]2[C@H](O)[C@H]1OC(=O)/C=C/c1ccccc1)(C(C)C)C(C)C. The van der Waals surface area contributed by atoms with Gasteiger partial charge in [-0.3, -0.25) is 0 Å². The predicted octanol–water partition coefficient (Wildman–Crippen LogP) is 12.3. The molecule has 9 nitrogen and oxygen atoms in total. The molecule has 0 aliphatic carbocycles. The zero-order chi connectivity index (χ0) is 45.0. The van der Waals surface area contributed by atoms with Crippen molar-refractivity contribution in [2.75, 3.05) is 6.61 Å². The molecule has 0 radical (unpaired) electrons. The molecule has 2 aromatic carbocycles. The summed E-state index contributed by atoms with van der Waals surface area (Å²) in [7, 11) is -8.14. The summed E-state index contributed by atoms with van der Waals surface area (Å²) >= 11 is 0. The third-order valence-corrected chi connectivity index (χ3v) is 31.0. The van der Waals surface area contributed by atoms with Crippen molar-refractivity contribution < 1.29 is 41.8 Å². The third kappa shape index (κ3) is 8.42. The van der Waals surface area contributed by atoms with Gasteiger partial charge in [0.15, 0.2) is 6.10 Å². The summed E-state index contributed by atoms with van der Waals surface area (Å²) in [5.74, 6) is -1.04. The highest BCUT2D eigenvalue weighted by Crippen LogP contribution is 2.59. The summed E-state index contributed by atoms with van der Waals surface area (Å²) < 4.78 is 49.7. The van der Waals surface area contributed by atoms with Gasteiger partial charge in [0.05, 0.1) is 18.8 Å². The Kier molecular flexibility index (Phi) is 14.4. The monoisotopic (exact) mass is 882 g/mol. The lowest BCUT2D eigenvalue weighted by Gasteiger charge is -2.58. The molecule has 0 aromatic heterocycles. The second-order valence-electron chi connectivity index (χ2n) is 21.5. The summed E-state index contributed by atoms with van der Waals surface area (Å²) in [6, 6.07) is 13.7. The molecule has 3 aliphatic rings. The number of benzene rings is 2. The van der Waals surface area contributed by atoms with Gasteiger partial charge < -0.3 is 37.0 Å². The molecular weight excluding hydrogens is 805 g/mol. The van der Waals surface area contributed by atoms with Crippen LogP contribution in [0.5, 0.6) is 11.5 Å². The van der Waals surface area contributed by atoms with Crippen LogP contribution in [0.25, 0.3) is 6.08 Å². The van der Waals surface area contributed by atoms with Gasteiger partial charge in [-0.25, -0.2) is 4.79 Å². The van der Waals surface area contributed by atoms with Gasteiger partial charge in [0.2, 0.25) is 5.79 Å². The number of carbonyl (C=O) groups is 1. The molecule has 0 bridgehead atoms. The number of aliphatic hydroxyl groups excluding tert-OH is 1. The Hall–Kier alpha value is -2.30. The Morgan fingerprint density at radius 1 is 0.800 bits per heavy atom.